The van der Waals surface area contributed by atoms with Crippen molar-refractivity contribution in [3.05, 3.63) is 28.2 Å². The third-order valence-electron chi connectivity index (χ3n) is 2.72. The van der Waals surface area contributed by atoms with E-state index in [1.807, 2.05) is 0 Å². The topological polar surface area (TPSA) is 102 Å². The second-order valence-corrected chi connectivity index (χ2v) is 7.78. The van der Waals surface area contributed by atoms with E-state index in [1.165, 1.54) is 19.1 Å². The Morgan fingerprint density at radius 2 is 1.79 bits per heavy atom. The van der Waals surface area contributed by atoms with Gasteiger partial charge in [0.25, 0.3) is 5.91 Å². The molecule has 24 heavy (non-hydrogen) atoms. The summed E-state index contributed by atoms with van der Waals surface area (Å²) in [5, 5.41) is 2.85. The molecule has 10 heteroatoms. The van der Waals surface area contributed by atoms with Gasteiger partial charge in [0, 0.05) is 6.04 Å². The van der Waals surface area contributed by atoms with Crippen LogP contribution >= 0.6 is 23.2 Å². The molecule has 0 heterocycles. The van der Waals surface area contributed by atoms with Crippen molar-refractivity contribution in [3.8, 4) is 0 Å². The Labute approximate surface area is 150 Å². The zero-order valence-corrected chi connectivity index (χ0v) is 15.6. The number of halogens is 2. The van der Waals surface area contributed by atoms with Crippen molar-refractivity contribution in [2.24, 2.45) is 0 Å². The number of ether oxygens (including phenoxy) is 1. The quantitative estimate of drug-likeness (QED) is 0.683. The summed E-state index contributed by atoms with van der Waals surface area (Å²) < 4.78 is 31.1. The summed E-state index contributed by atoms with van der Waals surface area (Å²) in [6, 6.07) is 3.64. The number of amides is 1. The molecule has 1 aromatic carbocycles. The highest BCUT2D eigenvalue weighted by Gasteiger charge is 2.21. The molecule has 7 nitrogen and oxygen atoms in total. The number of rotatable bonds is 7. The lowest BCUT2D eigenvalue weighted by Gasteiger charge is -2.15. The third-order valence-corrected chi connectivity index (χ3v) is 4.85. The van der Waals surface area contributed by atoms with Gasteiger partial charge in [-0.1, -0.05) is 23.2 Å². The van der Waals surface area contributed by atoms with E-state index in [-0.39, 0.29) is 21.0 Å². The Kier molecular flexibility index (Phi) is 7.47. The lowest BCUT2D eigenvalue weighted by Crippen LogP contribution is -2.41. The fourth-order valence-corrected chi connectivity index (χ4v) is 2.93. The van der Waals surface area contributed by atoms with Crippen LogP contribution in [0.2, 0.25) is 10.0 Å². The van der Waals surface area contributed by atoms with E-state index in [1.54, 1.807) is 13.8 Å². The molecule has 1 amide bonds. The minimum absolute atomic E-state index is 0.0705. The molecular weight excluding hydrogens is 379 g/mol. The van der Waals surface area contributed by atoms with Crippen molar-refractivity contribution in [1.82, 2.24) is 10.0 Å². The number of carbonyl (C=O) groups excluding carboxylic acids is 2. The molecule has 1 aromatic rings. The molecular formula is C14H18Cl2N2O5S. The molecule has 0 aliphatic rings. The standard InChI is InChI=1S/C14H18Cl2N2O5S/c1-8(2)18-14(20)9(3)23-13(19)7-17-24(21,22)10-4-5-11(15)12(16)6-10/h4-6,8-9,17H,7H2,1-3H3,(H,18,20). The van der Waals surface area contributed by atoms with E-state index in [0.717, 1.165) is 6.07 Å². The monoisotopic (exact) mass is 396 g/mol. The van der Waals surface area contributed by atoms with E-state index in [4.69, 9.17) is 27.9 Å². The Morgan fingerprint density at radius 1 is 1.17 bits per heavy atom. The first kappa shape index (κ1) is 20.7. The zero-order valence-electron chi connectivity index (χ0n) is 13.3. The highest BCUT2D eigenvalue weighted by Crippen LogP contribution is 2.24. The first-order valence-corrected chi connectivity index (χ1v) is 9.21. The fraction of sp³-hybridized carbons (Fsp3) is 0.429. The molecule has 0 saturated carbocycles. The van der Waals surface area contributed by atoms with Crippen LogP contribution in [0.25, 0.3) is 0 Å². The van der Waals surface area contributed by atoms with Crippen LogP contribution in [0.15, 0.2) is 23.1 Å². The second-order valence-electron chi connectivity index (χ2n) is 5.20. The number of hydrogen-bond donors (Lipinski definition) is 2. The van der Waals surface area contributed by atoms with E-state index < -0.39 is 34.5 Å². The van der Waals surface area contributed by atoms with Crippen LogP contribution in [0.1, 0.15) is 20.8 Å². The van der Waals surface area contributed by atoms with Crippen molar-refractivity contribution in [3.63, 3.8) is 0 Å². The van der Waals surface area contributed by atoms with Gasteiger partial charge in [-0.25, -0.2) is 8.42 Å². The average molecular weight is 397 g/mol. The van der Waals surface area contributed by atoms with Crippen LogP contribution in [0.4, 0.5) is 0 Å². The fourth-order valence-electron chi connectivity index (χ4n) is 1.58. The predicted octanol–water partition coefficient (Wildman–Crippen LogP) is 1.73. The molecule has 1 rings (SSSR count). The summed E-state index contributed by atoms with van der Waals surface area (Å²) in [7, 11) is -3.96. The van der Waals surface area contributed by atoms with Gasteiger partial charge in [0.1, 0.15) is 6.54 Å². The van der Waals surface area contributed by atoms with Crippen molar-refractivity contribution in [2.75, 3.05) is 6.54 Å². The number of esters is 1. The summed E-state index contributed by atoms with van der Waals surface area (Å²) in [6.45, 7) is 4.29. The van der Waals surface area contributed by atoms with Crippen molar-refractivity contribution < 1.29 is 22.7 Å². The number of nitrogens with one attached hydrogen (secondary N) is 2. The molecule has 0 fully saturated rings. The maximum Gasteiger partial charge on any atom is 0.321 e. The van der Waals surface area contributed by atoms with Crippen LogP contribution in [0.5, 0.6) is 0 Å². The van der Waals surface area contributed by atoms with Crippen LogP contribution in [0, 0.1) is 0 Å². The minimum Gasteiger partial charge on any atom is -0.452 e. The Bertz CT molecular complexity index is 722. The van der Waals surface area contributed by atoms with Gasteiger partial charge in [-0.2, -0.15) is 4.72 Å². The zero-order chi connectivity index (χ0) is 18.5. The minimum atomic E-state index is -3.96. The van der Waals surface area contributed by atoms with Gasteiger partial charge in [-0.3, -0.25) is 9.59 Å². The lowest BCUT2D eigenvalue weighted by molar-refractivity contribution is -0.153. The molecule has 0 spiro atoms. The van der Waals surface area contributed by atoms with E-state index >= 15 is 0 Å². The predicted molar refractivity (Wildman–Crippen MR) is 90.5 cm³/mol. The van der Waals surface area contributed by atoms with Gasteiger partial charge in [-0.15, -0.1) is 0 Å². The van der Waals surface area contributed by atoms with Gasteiger partial charge < -0.3 is 10.1 Å². The van der Waals surface area contributed by atoms with E-state index in [2.05, 4.69) is 10.0 Å². The normalized spacial score (nSPS) is 12.8. The summed E-state index contributed by atoms with van der Waals surface area (Å²) in [5.41, 5.74) is 0. The van der Waals surface area contributed by atoms with Gasteiger partial charge in [0.15, 0.2) is 6.10 Å². The molecule has 0 bridgehead atoms. The Morgan fingerprint density at radius 3 is 2.33 bits per heavy atom. The summed E-state index contributed by atoms with van der Waals surface area (Å²) in [6.07, 6.45) is -1.03. The average Bonchev–Trinajstić information content (AvgIpc) is 2.47. The van der Waals surface area contributed by atoms with Gasteiger partial charge in [0.05, 0.1) is 14.9 Å². The lowest BCUT2D eigenvalue weighted by atomic mass is 10.3. The van der Waals surface area contributed by atoms with E-state index in [0.29, 0.717) is 0 Å². The number of benzene rings is 1. The molecule has 0 saturated heterocycles. The molecule has 2 N–H and O–H groups in total. The van der Waals surface area contributed by atoms with Gasteiger partial charge in [0.2, 0.25) is 10.0 Å². The number of carbonyl (C=O) groups is 2. The maximum atomic E-state index is 12.1. The van der Waals surface area contributed by atoms with Crippen molar-refractivity contribution >= 4 is 45.1 Å². The summed E-state index contributed by atoms with van der Waals surface area (Å²) in [4.78, 5) is 23.1. The smallest absolute Gasteiger partial charge is 0.321 e. The second kappa shape index (κ2) is 8.66. The van der Waals surface area contributed by atoms with Gasteiger partial charge >= 0.3 is 5.97 Å². The largest absolute Gasteiger partial charge is 0.452 e. The van der Waals surface area contributed by atoms with Crippen LogP contribution < -0.4 is 10.0 Å². The molecule has 1 unspecified atom stereocenters. The Balaban J connectivity index is 2.62. The molecule has 0 radical (unpaired) electrons. The number of sulfonamides is 1. The molecule has 0 aliphatic heterocycles. The molecule has 0 aromatic heterocycles. The SMILES string of the molecule is CC(C)NC(=O)C(C)OC(=O)CNS(=O)(=O)c1ccc(Cl)c(Cl)c1. The molecule has 134 valence electrons. The summed E-state index contributed by atoms with van der Waals surface area (Å²) in [5.74, 6) is -1.35. The maximum absolute atomic E-state index is 12.1. The van der Waals surface area contributed by atoms with E-state index in [9.17, 15) is 18.0 Å². The molecule has 1 atom stereocenters. The van der Waals surface area contributed by atoms with Gasteiger partial charge in [-0.05, 0) is 39.0 Å². The third kappa shape index (κ3) is 6.27. The summed E-state index contributed by atoms with van der Waals surface area (Å²) >= 11 is 11.5. The van der Waals surface area contributed by atoms with Crippen molar-refractivity contribution in [2.45, 2.75) is 37.8 Å². The van der Waals surface area contributed by atoms with Crippen molar-refractivity contribution in [1.29, 1.82) is 0 Å². The highest BCUT2D eigenvalue weighted by molar-refractivity contribution is 7.89. The van der Waals surface area contributed by atoms with Crippen LogP contribution in [0.3, 0.4) is 0 Å². The number of hydrogen-bond acceptors (Lipinski definition) is 5. The molecule has 0 aliphatic carbocycles. The first-order valence-electron chi connectivity index (χ1n) is 6.97. The first-order chi connectivity index (χ1) is 11.0. The highest BCUT2D eigenvalue weighted by atomic mass is 35.5. The van der Waals surface area contributed by atoms with Crippen LogP contribution in [-0.2, 0) is 24.3 Å². The Hall–Kier alpha value is -1.35. The van der Waals surface area contributed by atoms with Crippen LogP contribution in [-0.4, -0.2) is 39.0 Å².